The summed E-state index contributed by atoms with van der Waals surface area (Å²) in [5.41, 5.74) is 9.56. The number of hydrogen-bond donors (Lipinski definition) is 1. The second-order valence-electron chi connectivity index (χ2n) is 4.24. The number of anilines is 1. The Morgan fingerprint density at radius 2 is 1.74 bits per heavy atom. The van der Waals surface area contributed by atoms with E-state index in [-0.39, 0.29) is 0 Å². The van der Waals surface area contributed by atoms with Crippen LogP contribution in [0.4, 0.5) is 5.69 Å². The van der Waals surface area contributed by atoms with Gasteiger partial charge in [0.2, 0.25) is 0 Å². The molecule has 0 aromatic heterocycles. The smallest absolute Gasteiger partial charge is 0.149 e. The minimum atomic E-state index is 0.462. The molecule has 0 aliphatic carbocycles. The van der Waals surface area contributed by atoms with Crippen LogP contribution in [0.2, 0.25) is 5.02 Å². The maximum atomic E-state index is 6.27. The molecule has 2 N–H and O–H groups in total. The number of nitrogen functional groups attached to an aromatic ring is 1. The lowest BCUT2D eigenvalue weighted by atomic mass is 9.99. The van der Waals surface area contributed by atoms with Crippen LogP contribution in [0.5, 0.6) is 11.5 Å². The molecule has 2 aromatic carbocycles. The number of benzene rings is 2. The van der Waals surface area contributed by atoms with Gasteiger partial charge in [-0.1, -0.05) is 17.7 Å². The van der Waals surface area contributed by atoms with Crippen LogP contribution in [-0.4, -0.2) is 14.2 Å². The number of ether oxygens (including phenoxy) is 2. The van der Waals surface area contributed by atoms with Crippen molar-refractivity contribution in [3.63, 3.8) is 0 Å². The minimum Gasteiger partial charge on any atom is -0.495 e. The monoisotopic (exact) mass is 277 g/mol. The van der Waals surface area contributed by atoms with Crippen molar-refractivity contribution in [1.29, 1.82) is 0 Å². The van der Waals surface area contributed by atoms with E-state index in [0.717, 1.165) is 16.7 Å². The standard InChI is InChI=1S/C15H16ClNO2/c1-9-4-5-10(17)8-12(9)11-6-7-13(18-2)14(16)15(11)19-3/h4-8H,17H2,1-3H3. The number of hydrogen-bond acceptors (Lipinski definition) is 3. The van der Waals surface area contributed by atoms with Crippen molar-refractivity contribution in [3.8, 4) is 22.6 Å². The third-order valence-electron chi connectivity index (χ3n) is 3.04. The van der Waals surface area contributed by atoms with Crippen molar-refractivity contribution in [3.05, 3.63) is 40.9 Å². The summed E-state index contributed by atoms with van der Waals surface area (Å²) in [5, 5.41) is 0.462. The molecule has 0 amide bonds. The summed E-state index contributed by atoms with van der Waals surface area (Å²) >= 11 is 6.27. The molecule has 0 heterocycles. The SMILES string of the molecule is COc1ccc(-c2cc(N)ccc2C)c(OC)c1Cl. The van der Waals surface area contributed by atoms with E-state index in [4.69, 9.17) is 26.8 Å². The molecule has 3 nitrogen and oxygen atoms in total. The molecule has 0 saturated carbocycles. The molecule has 19 heavy (non-hydrogen) atoms. The summed E-state index contributed by atoms with van der Waals surface area (Å²) < 4.78 is 10.6. The third-order valence-corrected chi connectivity index (χ3v) is 3.40. The second-order valence-corrected chi connectivity index (χ2v) is 4.61. The normalized spacial score (nSPS) is 10.3. The van der Waals surface area contributed by atoms with Crippen molar-refractivity contribution in [1.82, 2.24) is 0 Å². The molecular formula is C15H16ClNO2. The minimum absolute atomic E-state index is 0.462. The summed E-state index contributed by atoms with van der Waals surface area (Å²) in [6.07, 6.45) is 0. The fraction of sp³-hybridized carbons (Fsp3) is 0.200. The number of rotatable bonds is 3. The highest BCUT2D eigenvalue weighted by atomic mass is 35.5. The Balaban J connectivity index is 2.68. The zero-order valence-electron chi connectivity index (χ0n) is 11.2. The quantitative estimate of drug-likeness (QED) is 0.865. The van der Waals surface area contributed by atoms with E-state index in [2.05, 4.69) is 0 Å². The maximum Gasteiger partial charge on any atom is 0.149 e. The van der Waals surface area contributed by atoms with Gasteiger partial charge in [-0.05, 0) is 42.3 Å². The van der Waals surface area contributed by atoms with Crippen molar-refractivity contribution < 1.29 is 9.47 Å². The first-order chi connectivity index (χ1) is 9.08. The zero-order valence-corrected chi connectivity index (χ0v) is 11.9. The average Bonchev–Trinajstić information content (AvgIpc) is 2.41. The molecule has 4 heteroatoms. The number of halogens is 1. The number of nitrogens with two attached hydrogens (primary N) is 1. The van der Waals surface area contributed by atoms with Crippen molar-refractivity contribution in [2.75, 3.05) is 20.0 Å². The first-order valence-corrected chi connectivity index (χ1v) is 6.23. The topological polar surface area (TPSA) is 44.5 Å². The van der Waals surface area contributed by atoms with E-state index in [1.165, 1.54) is 0 Å². The molecule has 0 bridgehead atoms. The lowest BCUT2D eigenvalue weighted by Crippen LogP contribution is -1.95. The Hall–Kier alpha value is -1.87. The Morgan fingerprint density at radius 3 is 2.37 bits per heavy atom. The Morgan fingerprint density at radius 1 is 1.00 bits per heavy atom. The average molecular weight is 278 g/mol. The molecule has 0 unspecified atom stereocenters. The van der Waals surface area contributed by atoms with Gasteiger partial charge in [-0.15, -0.1) is 0 Å². The second kappa shape index (κ2) is 5.41. The molecule has 0 radical (unpaired) electrons. The van der Waals surface area contributed by atoms with Gasteiger partial charge in [-0.25, -0.2) is 0 Å². The first kappa shape index (κ1) is 13.6. The van der Waals surface area contributed by atoms with Gasteiger partial charge in [0, 0.05) is 11.3 Å². The Bertz CT molecular complexity index is 611. The van der Waals surface area contributed by atoms with E-state index in [9.17, 15) is 0 Å². The van der Waals surface area contributed by atoms with Crippen LogP contribution in [0.1, 0.15) is 5.56 Å². The lowest BCUT2D eigenvalue weighted by molar-refractivity contribution is 0.396. The van der Waals surface area contributed by atoms with Crippen LogP contribution in [0.15, 0.2) is 30.3 Å². The summed E-state index contributed by atoms with van der Waals surface area (Å²) in [7, 11) is 3.16. The van der Waals surface area contributed by atoms with Gasteiger partial charge in [-0.3, -0.25) is 0 Å². The summed E-state index contributed by atoms with van der Waals surface area (Å²) in [6.45, 7) is 2.02. The summed E-state index contributed by atoms with van der Waals surface area (Å²) in [5.74, 6) is 1.18. The lowest BCUT2D eigenvalue weighted by Gasteiger charge is -2.15. The van der Waals surface area contributed by atoms with Crippen molar-refractivity contribution in [2.45, 2.75) is 6.92 Å². The largest absolute Gasteiger partial charge is 0.495 e. The molecule has 0 fully saturated rings. The van der Waals surface area contributed by atoms with E-state index in [0.29, 0.717) is 22.2 Å². The molecular weight excluding hydrogens is 262 g/mol. The van der Waals surface area contributed by atoms with Crippen molar-refractivity contribution in [2.24, 2.45) is 0 Å². The van der Waals surface area contributed by atoms with E-state index >= 15 is 0 Å². The first-order valence-electron chi connectivity index (χ1n) is 5.85. The summed E-state index contributed by atoms with van der Waals surface area (Å²) in [6, 6.07) is 9.50. The van der Waals surface area contributed by atoms with Crippen LogP contribution < -0.4 is 15.2 Å². The van der Waals surface area contributed by atoms with E-state index < -0.39 is 0 Å². The molecule has 0 saturated heterocycles. The van der Waals surface area contributed by atoms with Crippen molar-refractivity contribution >= 4 is 17.3 Å². The molecule has 0 spiro atoms. The number of methoxy groups -OCH3 is 2. The van der Waals surface area contributed by atoms with Gasteiger partial charge in [0.25, 0.3) is 0 Å². The fourth-order valence-corrected chi connectivity index (χ4v) is 2.36. The molecule has 0 aliphatic rings. The van der Waals surface area contributed by atoms with Gasteiger partial charge in [0.05, 0.1) is 14.2 Å². The van der Waals surface area contributed by atoms with E-state index in [1.807, 2.05) is 37.3 Å². The fourth-order valence-electron chi connectivity index (χ4n) is 2.04. The highest BCUT2D eigenvalue weighted by Gasteiger charge is 2.15. The van der Waals surface area contributed by atoms with Crippen LogP contribution >= 0.6 is 11.6 Å². The molecule has 0 atom stereocenters. The molecule has 100 valence electrons. The molecule has 2 aromatic rings. The summed E-state index contributed by atoms with van der Waals surface area (Å²) in [4.78, 5) is 0. The molecule has 2 rings (SSSR count). The van der Waals surface area contributed by atoms with Gasteiger partial charge in [0.15, 0.2) is 0 Å². The van der Waals surface area contributed by atoms with Gasteiger partial charge < -0.3 is 15.2 Å². The van der Waals surface area contributed by atoms with Gasteiger partial charge in [-0.2, -0.15) is 0 Å². The predicted molar refractivity (Wildman–Crippen MR) is 79.1 cm³/mol. The van der Waals surface area contributed by atoms with E-state index in [1.54, 1.807) is 14.2 Å². The maximum absolute atomic E-state index is 6.27. The Labute approximate surface area is 117 Å². The van der Waals surface area contributed by atoms with Gasteiger partial charge in [0.1, 0.15) is 16.5 Å². The third kappa shape index (κ3) is 2.47. The highest BCUT2D eigenvalue weighted by Crippen LogP contribution is 2.42. The molecule has 0 aliphatic heterocycles. The van der Waals surface area contributed by atoms with Crippen LogP contribution in [0, 0.1) is 6.92 Å². The highest BCUT2D eigenvalue weighted by molar-refractivity contribution is 6.34. The van der Waals surface area contributed by atoms with Crippen LogP contribution in [0.25, 0.3) is 11.1 Å². The number of aryl methyl sites for hydroxylation is 1. The van der Waals surface area contributed by atoms with Crippen LogP contribution in [0.3, 0.4) is 0 Å². The predicted octanol–water partition coefficient (Wildman–Crippen LogP) is 3.91. The Kier molecular flexibility index (Phi) is 3.86. The zero-order chi connectivity index (χ0) is 14.0. The van der Waals surface area contributed by atoms with Crippen LogP contribution in [-0.2, 0) is 0 Å². The van der Waals surface area contributed by atoms with Gasteiger partial charge >= 0.3 is 0 Å².